The molecule has 0 spiro atoms. The summed E-state index contributed by atoms with van der Waals surface area (Å²) in [6.07, 6.45) is 2.26. The van der Waals surface area contributed by atoms with Crippen molar-refractivity contribution in [2.45, 2.75) is 18.2 Å². The fraction of sp³-hybridized carbons (Fsp3) is 0.182. The molecule has 0 saturated carbocycles. The number of hydrogen-bond donors (Lipinski definition) is 3. The van der Waals surface area contributed by atoms with E-state index in [9.17, 15) is 8.42 Å². The minimum Gasteiger partial charge on any atom is -0.399 e. The van der Waals surface area contributed by atoms with Crippen LogP contribution in [0.15, 0.2) is 33.8 Å². The molecule has 0 bridgehead atoms. The minimum absolute atomic E-state index is 0.0872. The Labute approximate surface area is 119 Å². The first-order chi connectivity index (χ1) is 8.94. The summed E-state index contributed by atoms with van der Waals surface area (Å²) >= 11 is 3.21. The van der Waals surface area contributed by atoms with E-state index in [1.165, 1.54) is 6.07 Å². The third kappa shape index (κ3) is 2.90. The molecule has 0 radical (unpaired) electrons. The zero-order valence-corrected chi connectivity index (χ0v) is 12.5. The number of anilines is 2. The normalized spacial score (nSPS) is 11.5. The highest BCUT2D eigenvalue weighted by molar-refractivity contribution is 9.10. The van der Waals surface area contributed by atoms with Gasteiger partial charge in [0.05, 0.1) is 6.20 Å². The van der Waals surface area contributed by atoms with Crippen LogP contribution in [0.5, 0.6) is 0 Å². The molecule has 0 aliphatic carbocycles. The molecule has 0 atom stereocenters. The maximum absolute atomic E-state index is 12.3. The monoisotopic (exact) mass is 344 g/mol. The lowest BCUT2D eigenvalue weighted by atomic mass is 10.3. The Hall–Kier alpha value is -1.54. The molecule has 4 N–H and O–H groups in total. The lowest BCUT2D eigenvalue weighted by Crippen LogP contribution is -2.15. The Kier molecular flexibility index (Phi) is 3.81. The van der Waals surface area contributed by atoms with Crippen molar-refractivity contribution >= 4 is 37.5 Å². The lowest BCUT2D eigenvalue weighted by molar-refractivity contribution is 0.600. The van der Waals surface area contributed by atoms with Gasteiger partial charge in [-0.15, -0.1) is 0 Å². The molecule has 6 nitrogen and oxygen atoms in total. The summed E-state index contributed by atoms with van der Waals surface area (Å²) in [6, 6.07) is 4.61. The summed E-state index contributed by atoms with van der Waals surface area (Å²) in [5, 5.41) is 6.45. The van der Waals surface area contributed by atoms with E-state index >= 15 is 0 Å². The number of aryl methyl sites for hydroxylation is 1. The second-order valence-electron chi connectivity index (χ2n) is 3.92. The number of nitrogens with zero attached hydrogens (tertiary/aromatic N) is 1. The second kappa shape index (κ2) is 5.22. The van der Waals surface area contributed by atoms with Gasteiger partial charge < -0.3 is 5.73 Å². The number of sulfonamides is 1. The van der Waals surface area contributed by atoms with Crippen molar-refractivity contribution in [3.05, 3.63) is 34.4 Å². The zero-order valence-electron chi connectivity index (χ0n) is 10.1. The average molecular weight is 345 g/mol. The summed E-state index contributed by atoms with van der Waals surface area (Å²) in [7, 11) is -3.72. The van der Waals surface area contributed by atoms with Crippen molar-refractivity contribution in [2.24, 2.45) is 0 Å². The highest BCUT2D eigenvalue weighted by Crippen LogP contribution is 2.26. The van der Waals surface area contributed by atoms with Gasteiger partial charge in [0.15, 0.2) is 0 Å². The molecule has 1 aromatic heterocycles. The van der Waals surface area contributed by atoms with Crippen LogP contribution < -0.4 is 10.5 Å². The van der Waals surface area contributed by atoms with E-state index < -0.39 is 10.0 Å². The topological polar surface area (TPSA) is 101 Å². The molecule has 1 aromatic carbocycles. The van der Waals surface area contributed by atoms with Gasteiger partial charge in [-0.2, -0.15) is 5.10 Å². The Morgan fingerprint density at radius 2 is 2.21 bits per heavy atom. The Balaban J connectivity index is 2.41. The van der Waals surface area contributed by atoms with E-state index in [1.807, 2.05) is 6.92 Å². The van der Waals surface area contributed by atoms with E-state index in [0.29, 0.717) is 22.4 Å². The summed E-state index contributed by atoms with van der Waals surface area (Å²) < 4.78 is 27.5. The van der Waals surface area contributed by atoms with Crippen LogP contribution in [0.25, 0.3) is 0 Å². The fourth-order valence-corrected chi connectivity index (χ4v) is 3.64. The molecule has 19 heavy (non-hydrogen) atoms. The molecule has 2 rings (SSSR count). The van der Waals surface area contributed by atoms with Crippen molar-refractivity contribution in [3.63, 3.8) is 0 Å². The number of aromatic nitrogens is 2. The van der Waals surface area contributed by atoms with Crippen molar-refractivity contribution in [2.75, 3.05) is 10.5 Å². The zero-order chi connectivity index (χ0) is 14.0. The first-order valence-electron chi connectivity index (χ1n) is 5.54. The molecule has 0 fully saturated rings. The number of hydrogen-bond acceptors (Lipinski definition) is 4. The number of nitrogens with two attached hydrogens (primary N) is 1. The van der Waals surface area contributed by atoms with Crippen molar-refractivity contribution in [1.82, 2.24) is 10.2 Å². The molecule has 0 aliphatic heterocycles. The predicted octanol–water partition coefficient (Wildman–Crippen LogP) is 2.12. The Morgan fingerprint density at radius 1 is 1.47 bits per heavy atom. The quantitative estimate of drug-likeness (QED) is 0.739. The third-order valence-electron chi connectivity index (χ3n) is 2.58. The van der Waals surface area contributed by atoms with Crippen molar-refractivity contribution in [1.29, 1.82) is 0 Å². The number of nitrogens with one attached hydrogen (secondary N) is 2. The predicted molar refractivity (Wildman–Crippen MR) is 77.3 cm³/mol. The molecule has 0 saturated heterocycles. The van der Waals surface area contributed by atoms with Gasteiger partial charge in [-0.25, -0.2) is 8.42 Å². The summed E-state index contributed by atoms with van der Waals surface area (Å²) in [6.45, 7) is 1.92. The number of benzene rings is 1. The molecule has 102 valence electrons. The summed E-state index contributed by atoms with van der Waals surface area (Å²) in [5.41, 5.74) is 6.79. The van der Waals surface area contributed by atoms with Gasteiger partial charge in [-0.3, -0.25) is 9.82 Å². The van der Waals surface area contributed by atoms with Crippen LogP contribution in [0, 0.1) is 0 Å². The summed E-state index contributed by atoms with van der Waals surface area (Å²) in [5.74, 6) is 0.372. The van der Waals surface area contributed by atoms with Gasteiger partial charge >= 0.3 is 0 Å². The van der Waals surface area contributed by atoms with Crippen molar-refractivity contribution in [3.8, 4) is 0 Å². The SMILES string of the molecule is CCc1cn[nH]c1NS(=O)(=O)c1cc(N)ccc1Br. The largest absolute Gasteiger partial charge is 0.399 e. The molecular formula is C11H13BrN4O2S. The van der Waals surface area contributed by atoms with Crippen LogP contribution in [0.4, 0.5) is 11.5 Å². The number of aromatic amines is 1. The fourth-order valence-electron chi connectivity index (χ4n) is 1.58. The van der Waals surface area contributed by atoms with Crippen LogP contribution in [0.1, 0.15) is 12.5 Å². The first-order valence-corrected chi connectivity index (χ1v) is 7.81. The van der Waals surface area contributed by atoms with Gasteiger partial charge in [-0.05, 0) is 40.5 Å². The van der Waals surface area contributed by atoms with Gasteiger partial charge in [0.1, 0.15) is 10.7 Å². The average Bonchev–Trinajstić information content (AvgIpc) is 2.78. The van der Waals surface area contributed by atoms with E-state index in [2.05, 4.69) is 30.8 Å². The molecule has 0 aliphatic rings. The lowest BCUT2D eigenvalue weighted by Gasteiger charge is -2.09. The number of rotatable bonds is 4. The summed E-state index contributed by atoms with van der Waals surface area (Å²) in [4.78, 5) is 0.0872. The smallest absolute Gasteiger partial charge is 0.264 e. The van der Waals surface area contributed by atoms with Crippen LogP contribution in [-0.2, 0) is 16.4 Å². The number of nitrogen functional groups attached to an aromatic ring is 1. The van der Waals surface area contributed by atoms with E-state index in [0.717, 1.165) is 5.56 Å². The van der Waals surface area contributed by atoms with Gasteiger partial charge in [0.2, 0.25) is 0 Å². The van der Waals surface area contributed by atoms with Crippen LogP contribution >= 0.6 is 15.9 Å². The standard InChI is InChI=1S/C11H13BrN4O2S/c1-2-7-6-14-15-11(7)16-19(17,18)10-5-8(13)3-4-9(10)12/h3-6H,2,13H2,1H3,(H2,14,15,16). The molecule has 0 unspecified atom stereocenters. The van der Waals surface area contributed by atoms with Gasteiger partial charge in [0.25, 0.3) is 10.0 Å². The van der Waals surface area contributed by atoms with E-state index in [4.69, 9.17) is 5.73 Å². The number of H-pyrrole nitrogens is 1. The highest BCUT2D eigenvalue weighted by atomic mass is 79.9. The number of halogens is 1. The van der Waals surface area contributed by atoms with Gasteiger partial charge in [-0.1, -0.05) is 6.92 Å². The Morgan fingerprint density at radius 3 is 2.89 bits per heavy atom. The van der Waals surface area contributed by atoms with Crippen molar-refractivity contribution < 1.29 is 8.42 Å². The van der Waals surface area contributed by atoms with Crippen LogP contribution in [-0.4, -0.2) is 18.6 Å². The van der Waals surface area contributed by atoms with Gasteiger partial charge in [0, 0.05) is 15.7 Å². The molecular weight excluding hydrogens is 332 g/mol. The molecule has 1 heterocycles. The maximum atomic E-state index is 12.3. The highest BCUT2D eigenvalue weighted by Gasteiger charge is 2.20. The second-order valence-corrected chi connectivity index (χ2v) is 6.42. The molecule has 8 heteroatoms. The van der Waals surface area contributed by atoms with E-state index in [-0.39, 0.29) is 4.90 Å². The third-order valence-corrected chi connectivity index (χ3v) is 4.92. The van der Waals surface area contributed by atoms with E-state index in [1.54, 1.807) is 18.3 Å². The maximum Gasteiger partial charge on any atom is 0.264 e. The molecule has 2 aromatic rings. The first kappa shape index (κ1) is 13.9. The Bertz CT molecular complexity index is 696. The van der Waals surface area contributed by atoms with Crippen LogP contribution in [0.2, 0.25) is 0 Å². The molecule has 0 amide bonds. The van der Waals surface area contributed by atoms with Crippen LogP contribution in [0.3, 0.4) is 0 Å². The minimum atomic E-state index is -3.72.